The van der Waals surface area contributed by atoms with Gasteiger partial charge in [-0.05, 0) is 17.7 Å². The molecule has 0 spiro atoms. The van der Waals surface area contributed by atoms with Gasteiger partial charge in [-0.1, -0.05) is 12.1 Å². The molecule has 1 aliphatic heterocycles. The van der Waals surface area contributed by atoms with Crippen molar-refractivity contribution < 1.29 is 19.5 Å². The van der Waals surface area contributed by atoms with Crippen LogP contribution in [-0.4, -0.2) is 23.0 Å². The maximum atomic E-state index is 11.4. The maximum absolute atomic E-state index is 11.4. The largest absolute Gasteiger partial charge is 0.508 e. The highest BCUT2D eigenvalue weighted by atomic mass is 16.3. The molecule has 1 aromatic rings. The molecule has 82 valence electrons. The lowest BCUT2D eigenvalue weighted by molar-refractivity contribution is -0.132. The first-order chi connectivity index (χ1) is 7.58. The number of carbonyl (C=O) groups is 3. The van der Waals surface area contributed by atoms with E-state index in [1.807, 2.05) is 10.6 Å². The Bertz CT molecular complexity index is 446. The van der Waals surface area contributed by atoms with Gasteiger partial charge in [-0.25, -0.2) is 4.79 Å². The lowest BCUT2D eigenvalue weighted by atomic mass is 9.96. The lowest BCUT2D eigenvalue weighted by Crippen LogP contribution is -2.54. The Kier molecular flexibility index (Phi) is 2.32. The second-order valence-corrected chi connectivity index (χ2v) is 3.33. The smallest absolute Gasteiger partial charge is 0.328 e. The van der Waals surface area contributed by atoms with Crippen LogP contribution in [0.3, 0.4) is 0 Å². The number of barbiturate groups is 1. The summed E-state index contributed by atoms with van der Waals surface area (Å²) in [6, 6.07) is 4.83. The molecule has 0 unspecified atom stereocenters. The number of hydrogen-bond acceptors (Lipinski definition) is 4. The summed E-state index contributed by atoms with van der Waals surface area (Å²) in [5.41, 5.74) is 0.417. The summed E-state index contributed by atoms with van der Waals surface area (Å²) in [6.45, 7) is 0. The Morgan fingerprint density at radius 2 is 1.44 bits per heavy atom. The van der Waals surface area contributed by atoms with E-state index in [4.69, 9.17) is 5.11 Å². The van der Waals surface area contributed by atoms with Crippen molar-refractivity contribution in [1.82, 2.24) is 10.6 Å². The van der Waals surface area contributed by atoms with Crippen molar-refractivity contribution in [1.29, 1.82) is 0 Å². The number of phenols is 1. The van der Waals surface area contributed by atoms with Crippen molar-refractivity contribution in [3.05, 3.63) is 29.8 Å². The van der Waals surface area contributed by atoms with Crippen LogP contribution in [0.2, 0.25) is 0 Å². The summed E-state index contributed by atoms with van der Waals surface area (Å²) >= 11 is 0. The zero-order chi connectivity index (χ0) is 11.7. The van der Waals surface area contributed by atoms with Gasteiger partial charge in [-0.15, -0.1) is 0 Å². The molecule has 16 heavy (non-hydrogen) atoms. The topological polar surface area (TPSA) is 95.5 Å². The molecule has 1 fully saturated rings. The van der Waals surface area contributed by atoms with E-state index in [2.05, 4.69) is 0 Å². The molecule has 0 radical (unpaired) electrons. The molecule has 0 atom stereocenters. The molecule has 1 aliphatic rings. The first-order valence-electron chi connectivity index (χ1n) is 4.52. The number of benzene rings is 1. The maximum Gasteiger partial charge on any atom is 0.328 e. The number of phenolic OH excluding ortho intramolecular Hbond substituents is 1. The molecule has 1 heterocycles. The van der Waals surface area contributed by atoms with Crippen LogP contribution in [0.15, 0.2) is 24.3 Å². The fraction of sp³-hybridized carbons (Fsp3) is 0.100. The molecule has 2 rings (SSSR count). The average molecular weight is 220 g/mol. The quantitative estimate of drug-likeness (QED) is 0.573. The van der Waals surface area contributed by atoms with Crippen molar-refractivity contribution >= 4 is 17.8 Å². The molecule has 0 aromatic heterocycles. The third-order valence-corrected chi connectivity index (χ3v) is 2.22. The highest BCUT2D eigenvalue weighted by molar-refractivity contribution is 6.19. The minimum Gasteiger partial charge on any atom is -0.508 e. The monoisotopic (exact) mass is 220 g/mol. The molecular weight excluding hydrogens is 212 g/mol. The summed E-state index contributed by atoms with van der Waals surface area (Å²) in [5, 5.41) is 13.1. The molecule has 0 saturated carbocycles. The highest BCUT2D eigenvalue weighted by Crippen LogP contribution is 2.20. The summed E-state index contributed by atoms with van der Waals surface area (Å²) in [5.74, 6) is -2.35. The van der Waals surface area contributed by atoms with Crippen LogP contribution >= 0.6 is 0 Å². The van der Waals surface area contributed by atoms with E-state index in [-0.39, 0.29) is 5.75 Å². The average Bonchev–Trinajstić information content (AvgIpc) is 2.19. The minimum absolute atomic E-state index is 0.0384. The lowest BCUT2D eigenvalue weighted by Gasteiger charge is -2.20. The fourth-order valence-electron chi connectivity index (χ4n) is 1.49. The van der Waals surface area contributed by atoms with Gasteiger partial charge in [0.2, 0.25) is 11.8 Å². The van der Waals surface area contributed by atoms with Gasteiger partial charge >= 0.3 is 6.03 Å². The van der Waals surface area contributed by atoms with E-state index < -0.39 is 23.8 Å². The number of hydrogen-bond donors (Lipinski definition) is 3. The molecule has 3 N–H and O–H groups in total. The number of amides is 4. The zero-order valence-corrected chi connectivity index (χ0v) is 8.06. The van der Waals surface area contributed by atoms with Crippen LogP contribution in [0.5, 0.6) is 5.75 Å². The normalized spacial score (nSPS) is 16.9. The predicted octanol–water partition coefficient (Wildman–Crippen LogP) is -0.158. The Morgan fingerprint density at radius 3 is 1.94 bits per heavy atom. The van der Waals surface area contributed by atoms with Crippen LogP contribution < -0.4 is 10.6 Å². The Morgan fingerprint density at radius 1 is 0.938 bits per heavy atom. The van der Waals surface area contributed by atoms with Crippen LogP contribution in [0.1, 0.15) is 11.5 Å². The van der Waals surface area contributed by atoms with Gasteiger partial charge in [-0.2, -0.15) is 0 Å². The minimum atomic E-state index is -1.06. The first kappa shape index (κ1) is 10.2. The number of rotatable bonds is 1. The van der Waals surface area contributed by atoms with Crippen LogP contribution in [0, 0.1) is 0 Å². The first-order valence-corrected chi connectivity index (χ1v) is 4.52. The van der Waals surface area contributed by atoms with E-state index in [0.29, 0.717) is 5.56 Å². The molecule has 4 amide bonds. The number of imide groups is 2. The van der Waals surface area contributed by atoms with Gasteiger partial charge in [0.05, 0.1) is 0 Å². The van der Waals surface area contributed by atoms with Gasteiger partial charge in [-0.3, -0.25) is 20.2 Å². The zero-order valence-electron chi connectivity index (χ0n) is 8.06. The third-order valence-electron chi connectivity index (χ3n) is 2.22. The van der Waals surface area contributed by atoms with Crippen molar-refractivity contribution in [2.24, 2.45) is 0 Å². The van der Waals surface area contributed by atoms with Crippen molar-refractivity contribution in [2.75, 3.05) is 0 Å². The summed E-state index contributed by atoms with van der Waals surface area (Å²) in [7, 11) is 0. The van der Waals surface area contributed by atoms with E-state index in [0.717, 1.165) is 0 Å². The molecule has 1 saturated heterocycles. The molecule has 1 aromatic carbocycles. The van der Waals surface area contributed by atoms with Gasteiger partial charge in [0.1, 0.15) is 11.7 Å². The molecule has 0 aliphatic carbocycles. The van der Waals surface area contributed by atoms with E-state index in [9.17, 15) is 14.4 Å². The van der Waals surface area contributed by atoms with Crippen molar-refractivity contribution in [2.45, 2.75) is 5.92 Å². The Labute approximate surface area is 90.3 Å². The molecule has 6 heteroatoms. The third kappa shape index (κ3) is 1.72. The second kappa shape index (κ2) is 3.65. The molecule has 0 bridgehead atoms. The summed E-state index contributed by atoms with van der Waals surface area (Å²) in [6.07, 6.45) is 0. The predicted molar refractivity (Wildman–Crippen MR) is 52.5 cm³/mol. The standard InChI is InChI=1S/C10H8N2O4/c13-6-3-1-5(2-4-6)7-8(14)11-10(16)12-9(7)15/h1-4,7,13H,(H2,11,12,14,15,16). The van der Waals surface area contributed by atoms with E-state index >= 15 is 0 Å². The number of carbonyl (C=O) groups excluding carboxylic acids is 3. The van der Waals surface area contributed by atoms with E-state index in [1.54, 1.807) is 0 Å². The van der Waals surface area contributed by atoms with Crippen molar-refractivity contribution in [3.8, 4) is 5.75 Å². The summed E-state index contributed by atoms with van der Waals surface area (Å²) < 4.78 is 0. The van der Waals surface area contributed by atoms with E-state index in [1.165, 1.54) is 24.3 Å². The van der Waals surface area contributed by atoms with Crippen LogP contribution in [0.4, 0.5) is 4.79 Å². The number of aromatic hydroxyl groups is 1. The molecular formula is C10H8N2O4. The SMILES string of the molecule is O=C1NC(=O)C(c2ccc(O)cc2)C(=O)N1. The fourth-order valence-corrected chi connectivity index (χ4v) is 1.49. The summed E-state index contributed by atoms with van der Waals surface area (Å²) in [4.78, 5) is 33.7. The number of urea groups is 1. The van der Waals surface area contributed by atoms with Gasteiger partial charge in [0.25, 0.3) is 0 Å². The van der Waals surface area contributed by atoms with Crippen molar-refractivity contribution in [3.63, 3.8) is 0 Å². The Balaban J connectivity index is 2.32. The Hall–Kier alpha value is -2.37. The molecule has 6 nitrogen and oxygen atoms in total. The van der Waals surface area contributed by atoms with Crippen LogP contribution in [0.25, 0.3) is 0 Å². The van der Waals surface area contributed by atoms with Gasteiger partial charge in [0, 0.05) is 0 Å². The van der Waals surface area contributed by atoms with Crippen LogP contribution in [-0.2, 0) is 9.59 Å². The van der Waals surface area contributed by atoms with Gasteiger partial charge < -0.3 is 5.11 Å². The second-order valence-electron chi connectivity index (χ2n) is 3.33. The number of nitrogens with one attached hydrogen (secondary N) is 2. The highest BCUT2D eigenvalue weighted by Gasteiger charge is 2.35. The van der Waals surface area contributed by atoms with Gasteiger partial charge in [0.15, 0.2) is 0 Å².